The molecule has 0 N–H and O–H groups in total. The van der Waals surface area contributed by atoms with Gasteiger partial charge in [-0.05, 0) is 37.1 Å². The van der Waals surface area contributed by atoms with Crippen LogP contribution in [-0.4, -0.2) is 42.0 Å². The summed E-state index contributed by atoms with van der Waals surface area (Å²) in [6.07, 6.45) is 3.86. The van der Waals surface area contributed by atoms with Crippen LogP contribution in [0.5, 0.6) is 5.75 Å². The van der Waals surface area contributed by atoms with E-state index in [0.29, 0.717) is 33.6 Å². The lowest BCUT2D eigenvalue weighted by Gasteiger charge is -2.20. The fourth-order valence-electron chi connectivity index (χ4n) is 3.64. The average Bonchev–Trinajstić information content (AvgIpc) is 3.50. The van der Waals surface area contributed by atoms with E-state index in [2.05, 4.69) is 14.9 Å². The quantitative estimate of drug-likeness (QED) is 0.497. The van der Waals surface area contributed by atoms with Gasteiger partial charge in [0.15, 0.2) is 5.13 Å². The molecule has 0 saturated carbocycles. The molecule has 166 valence electrons. The van der Waals surface area contributed by atoms with Gasteiger partial charge in [-0.15, -0.1) is 11.3 Å². The third kappa shape index (κ3) is 4.57. The van der Waals surface area contributed by atoms with Gasteiger partial charge in [-0.25, -0.2) is 14.8 Å². The number of amides is 1. The molecule has 1 aliphatic rings. The maximum atomic E-state index is 12.8. The lowest BCUT2D eigenvalue weighted by atomic mass is 10.2. The van der Waals surface area contributed by atoms with Gasteiger partial charge in [0.2, 0.25) is 5.91 Å². The minimum atomic E-state index is -0.442. The number of aromatic nitrogens is 2. The second-order valence-corrected chi connectivity index (χ2v) is 8.13. The van der Waals surface area contributed by atoms with E-state index in [9.17, 15) is 9.59 Å². The van der Waals surface area contributed by atoms with Crippen LogP contribution in [0, 0.1) is 0 Å². The molecule has 0 radical (unpaired) electrons. The van der Waals surface area contributed by atoms with Gasteiger partial charge in [-0.3, -0.25) is 9.69 Å². The van der Waals surface area contributed by atoms with Crippen LogP contribution in [0.3, 0.4) is 0 Å². The molecule has 0 bridgehead atoms. The molecule has 1 saturated heterocycles. The van der Waals surface area contributed by atoms with E-state index in [4.69, 9.17) is 9.47 Å². The molecule has 2 aromatic heterocycles. The number of ether oxygens (including phenoxy) is 2. The Morgan fingerprint density at radius 1 is 1.16 bits per heavy atom. The summed E-state index contributed by atoms with van der Waals surface area (Å²) < 4.78 is 10.9. The van der Waals surface area contributed by atoms with Crippen LogP contribution in [0.2, 0.25) is 0 Å². The standard InChI is InChI=1S/C23H24N4O4S/c1-16(28)27(19-9-3-4-10-20(19)30-2)23-25-17(15-32-23)14-31-22(29)18-8-7-11-24-21(18)26-12-5-6-13-26/h3-4,7-11,15H,5-6,12-14H2,1-2H3. The maximum absolute atomic E-state index is 12.8. The number of methoxy groups -OCH3 is 1. The first-order valence-corrected chi connectivity index (χ1v) is 11.2. The van der Waals surface area contributed by atoms with Crippen LogP contribution in [-0.2, 0) is 16.1 Å². The summed E-state index contributed by atoms with van der Waals surface area (Å²) in [5.74, 6) is 0.588. The molecule has 1 fully saturated rings. The Hall–Kier alpha value is -3.46. The molecule has 8 nitrogen and oxygen atoms in total. The zero-order valence-electron chi connectivity index (χ0n) is 18.0. The van der Waals surface area contributed by atoms with Gasteiger partial charge >= 0.3 is 5.97 Å². The number of anilines is 3. The van der Waals surface area contributed by atoms with E-state index in [1.54, 1.807) is 43.0 Å². The Morgan fingerprint density at radius 3 is 2.69 bits per heavy atom. The van der Waals surface area contributed by atoms with Gasteiger partial charge in [0.25, 0.3) is 0 Å². The summed E-state index contributed by atoms with van der Waals surface area (Å²) in [5.41, 5.74) is 1.61. The van der Waals surface area contributed by atoms with E-state index in [0.717, 1.165) is 25.9 Å². The van der Waals surface area contributed by atoms with Gasteiger partial charge in [0, 0.05) is 31.6 Å². The highest BCUT2D eigenvalue weighted by Gasteiger charge is 2.23. The molecule has 0 atom stereocenters. The van der Waals surface area contributed by atoms with Gasteiger partial charge in [-0.2, -0.15) is 0 Å². The fraction of sp³-hybridized carbons (Fsp3) is 0.304. The van der Waals surface area contributed by atoms with Gasteiger partial charge in [0.05, 0.1) is 18.5 Å². The minimum Gasteiger partial charge on any atom is -0.495 e. The number of pyridine rings is 1. The van der Waals surface area contributed by atoms with E-state index < -0.39 is 5.97 Å². The summed E-state index contributed by atoms with van der Waals surface area (Å²) in [4.78, 5) is 37.6. The number of hydrogen-bond donors (Lipinski definition) is 0. The number of carbonyl (C=O) groups excluding carboxylic acids is 2. The maximum Gasteiger partial charge on any atom is 0.342 e. The van der Waals surface area contributed by atoms with Crippen molar-refractivity contribution in [3.05, 3.63) is 59.2 Å². The molecule has 3 aromatic rings. The third-order valence-electron chi connectivity index (χ3n) is 5.14. The van der Waals surface area contributed by atoms with Crippen LogP contribution in [0.4, 0.5) is 16.6 Å². The zero-order valence-corrected chi connectivity index (χ0v) is 18.8. The molecular weight excluding hydrogens is 428 g/mol. The first-order chi connectivity index (χ1) is 15.6. The number of para-hydroxylation sites is 2. The summed E-state index contributed by atoms with van der Waals surface area (Å²) in [6, 6.07) is 10.7. The lowest BCUT2D eigenvalue weighted by molar-refractivity contribution is -0.115. The van der Waals surface area contributed by atoms with Crippen LogP contribution in [0.15, 0.2) is 48.0 Å². The topological polar surface area (TPSA) is 84.9 Å². The Morgan fingerprint density at radius 2 is 1.94 bits per heavy atom. The Bertz CT molecular complexity index is 1110. The Labute approximate surface area is 190 Å². The smallest absolute Gasteiger partial charge is 0.342 e. The molecule has 1 aromatic carbocycles. The molecule has 0 unspecified atom stereocenters. The predicted molar refractivity (Wildman–Crippen MR) is 123 cm³/mol. The number of carbonyl (C=O) groups is 2. The molecular formula is C23H24N4O4S. The van der Waals surface area contributed by atoms with E-state index in [1.807, 2.05) is 12.1 Å². The van der Waals surface area contributed by atoms with Crippen molar-refractivity contribution in [3.8, 4) is 5.75 Å². The summed E-state index contributed by atoms with van der Waals surface area (Å²) in [5, 5.41) is 2.26. The van der Waals surface area contributed by atoms with Gasteiger partial charge < -0.3 is 14.4 Å². The van der Waals surface area contributed by atoms with Crippen LogP contribution < -0.4 is 14.5 Å². The highest BCUT2D eigenvalue weighted by Crippen LogP contribution is 2.35. The van der Waals surface area contributed by atoms with Crippen molar-refractivity contribution in [1.29, 1.82) is 0 Å². The predicted octanol–water partition coefficient (Wildman–Crippen LogP) is 4.19. The largest absolute Gasteiger partial charge is 0.495 e. The van der Waals surface area contributed by atoms with Crippen molar-refractivity contribution in [3.63, 3.8) is 0 Å². The van der Waals surface area contributed by atoms with Crippen molar-refractivity contribution >= 4 is 39.9 Å². The SMILES string of the molecule is COc1ccccc1N(C(C)=O)c1nc(COC(=O)c2cccnc2N2CCCC2)cs1. The molecule has 32 heavy (non-hydrogen) atoms. The van der Waals surface area contributed by atoms with Gasteiger partial charge in [-0.1, -0.05) is 12.1 Å². The molecule has 0 aliphatic carbocycles. The first kappa shape index (κ1) is 21.8. The zero-order chi connectivity index (χ0) is 22.5. The van der Waals surface area contributed by atoms with E-state index in [-0.39, 0.29) is 12.5 Å². The van der Waals surface area contributed by atoms with Crippen molar-refractivity contribution in [2.24, 2.45) is 0 Å². The van der Waals surface area contributed by atoms with E-state index >= 15 is 0 Å². The number of nitrogens with zero attached hydrogens (tertiary/aromatic N) is 4. The number of rotatable bonds is 7. The number of hydrogen-bond acceptors (Lipinski definition) is 8. The highest BCUT2D eigenvalue weighted by molar-refractivity contribution is 7.14. The normalized spacial score (nSPS) is 13.1. The van der Waals surface area contributed by atoms with Crippen molar-refractivity contribution < 1.29 is 19.1 Å². The van der Waals surface area contributed by atoms with Crippen LogP contribution in [0.25, 0.3) is 0 Å². The van der Waals surface area contributed by atoms with Crippen LogP contribution in [0.1, 0.15) is 35.8 Å². The molecule has 1 amide bonds. The van der Waals surface area contributed by atoms with Crippen molar-refractivity contribution in [1.82, 2.24) is 9.97 Å². The molecule has 0 spiro atoms. The molecule has 3 heterocycles. The lowest BCUT2D eigenvalue weighted by Crippen LogP contribution is -2.23. The summed E-state index contributed by atoms with van der Waals surface area (Å²) >= 11 is 1.30. The Balaban J connectivity index is 1.49. The van der Waals surface area contributed by atoms with E-state index in [1.165, 1.54) is 23.2 Å². The Kier molecular flexibility index (Phi) is 6.65. The summed E-state index contributed by atoms with van der Waals surface area (Å²) in [7, 11) is 1.55. The second-order valence-electron chi connectivity index (χ2n) is 7.29. The monoisotopic (exact) mass is 452 g/mol. The summed E-state index contributed by atoms with van der Waals surface area (Å²) in [6.45, 7) is 3.24. The molecule has 4 rings (SSSR count). The second kappa shape index (κ2) is 9.78. The molecule has 1 aliphatic heterocycles. The van der Waals surface area contributed by atoms with Crippen molar-refractivity contribution in [2.75, 3.05) is 30.0 Å². The molecule has 9 heteroatoms. The van der Waals surface area contributed by atoms with Crippen LogP contribution >= 0.6 is 11.3 Å². The highest BCUT2D eigenvalue weighted by atomic mass is 32.1. The first-order valence-electron chi connectivity index (χ1n) is 10.3. The fourth-order valence-corrected chi connectivity index (χ4v) is 4.51. The number of benzene rings is 1. The number of esters is 1. The third-order valence-corrected chi connectivity index (χ3v) is 6.01. The van der Waals surface area contributed by atoms with Crippen molar-refractivity contribution in [2.45, 2.75) is 26.4 Å². The minimum absolute atomic E-state index is 0.00133. The van der Waals surface area contributed by atoms with Gasteiger partial charge in [0.1, 0.15) is 23.7 Å². The number of thiazole rings is 1. The average molecular weight is 453 g/mol.